The van der Waals surface area contributed by atoms with Crippen molar-refractivity contribution in [3.05, 3.63) is 12.1 Å². The van der Waals surface area contributed by atoms with Gasteiger partial charge in [0.2, 0.25) is 0 Å². The Hall–Kier alpha value is -2.64. The van der Waals surface area contributed by atoms with Crippen LogP contribution in [0.25, 0.3) is 0 Å². The number of benzene rings is 1. The summed E-state index contributed by atoms with van der Waals surface area (Å²) in [5, 5.41) is 24.2. The van der Waals surface area contributed by atoms with E-state index in [9.17, 15) is 19.8 Å². The van der Waals surface area contributed by atoms with Crippen LogP contribution in [-0.2, 0) is 0 Å². The van der Waals surface area contributed by atoms with E-state index >= 15 is 0 Å². The zero-order chi connectivity index (χ0) is 15.4. The van der Waals surface area contributed by atoms with Crippen LogP contribution in [-0.4, -0.2) is 60.3 Å². The molecule has 1 aromatic carbocycles. The molecule has 4 N–H and O–H groups in total. The second-order valence-electron chi connectivity index (χ2n) is 4.54. The zero-order valence-electron chi connectivity index (χ0n) is 11.8. The minimum atomic E-state index is -0.448. The van der Waals surface area contributed by atoms with Crippen molar-refractivity contribution >= 4 is 23.4 Å². The zero-order valence-corrected chi connectivity index (χ0v) is 11.8. The van der Waals surface area contributed by atoms with Gasteiger partial charge in [0.25, 0.3) is 0 Å². The molecular formula is C12H18N4O4. The molecule has 4 amide bonds. The molecule has 0 aliphatic heterocycles. The van der Waals surface area contributed by atoms with E-state index in [1.54, 1.807) is 28.2 Å². The van der Waals surface area contributed by atoms with Crippen molar-refractivity contribution in [1.29, 1.82) is 0 Å². The fraction of sp³-hybridized carbons (Fsp3) is 0.333. The van der Waals surface area contributed by atoms with Crippen LogP contribution in [0.1, 0.15) is 0 Å². The first-order valence-corrected chi connectivity index (χ1v) is 5.75. The first kappa shape index (κ1) is 15.4. The van der Waals surface area contributed by atoms with E-state index in [0.29, 0.717) is 0 Å². The number of phenolic OH excluding ortho intramolecular Hbond substituents is 2. The van der Waals surface area contributed by atoms with Gasteiger partial charge in [0, 0.05) is 34.3 Å². The molecule has 0 aliphatic carbocycles. The highest BCUT2D eigenvalue weighted by atomic mass is 16.3. The van der Waals surface area contributed by atoms with Crippen molar-refractivity contribution in [2.75, 3.05) is 38.8 Å². The van der Waals surface area contributed by atoms with Crippen molar-refractivity contribution in [2.45, 2.75) is 0 Å². The van der Waals surface area contributed by atoms with Gasteiger partial charge in [-0.05, 0) is 6.07 Å². The van der Waals surface area contributed by atoms with Gasteiger partial charge in [-0.1, -0.05) is 0 Å². The Kier molecular flexibility index (Phi) is 4.63. The van der Waals surface area contributed by atoms with Crippen molar-refractivity contribution in [1.82, 2.24) is 9.80 Å². The fourth-order valence-electron chi connectivity index (χ4n) is 1.23. The fourth-order valence-corrected chi connectivity index (χ4v) is 1.23. The lowest BCUT2D eigenvalue weighted by atomic mass is 10.2. The number of rotatable bonds is 2. The van der Waals surface area contributed by atoms with Crippen LogP contribution in [0.5, 0.6) is 11.5 Å². The summed E-state index contributed by atoms with van der Waals surface area (Å²) in [5.74, 6) is -0.610. The lowest BCUT2D eigenvalue weighted by Gasteiger charge is -2.16. The van der Waals surface area contributed by atoms with E-state index in [-0.39, 0.29) is 22.9 Å². The summed E-state index contributed by atoms with van der Waals surface area (Å²) in [5.41, 5.74) is 0.158. The topological polar surface area (TPSA) is 105 Å². The SMILES string of the molecule is CN(C)C(=O)Nc1cc(NC(=O)N(C)C)c(O)cc1O. The normalized spacial score (nSPS) is 9.80. The van der Waals surface area contributed by atoms with Gasteiger partial charge in [-0.3, -0.25) is 0 Å². The molecule has 110 valence electrons. The number of nitrogens with zero attached hydrogens (tertiary/aromatic N) is 2. The van der Waals surface area contributed by atoms with Gasteiger partial charge in [0.1, 0.15) is 11.5 Å². The van der Waals surface area contributed by atoms with Gasteiger partial charge in [-0.2, -0.15) is 0 Å². The molecule has 0 saturated heterocycles. The molecule has 8 heteroatoms. The Morgan fingerprint density at radius 2 is 1.20 bits per heavy atom. The number of carbonyl (C=O) groups excluding carboxylic acids is 2. The average molecular weight is 282 g/mol. The third-order valence-electron chi connectivity index (χ3n) is 2.41. The number of urea groups is 2. The van der Waals surface area contributed by atoms with Gasteiger partial charge in [0.05, 0.1) is 11.4 Å². The summed E-state index contributed by atoms with van der Waals surface area (Å²) < 4.78 is 0. The number of hydrogen-bond acceptors (Lipinski definition) is 4. The van der Waals surface area contributed by atoms with E-state index in [2.05, 4.69) is 10.6 Å². The van der Waals surface area contributed by atoms with Crippen molar-refractivity contribution in [2.24, 2.45) is 0 Å². The summed E-state index contributed by atoms with van der Waals surface area (Å²) in [6.07, 6.45) is 0. The molecule has 0 atom stereocenters. The largest absolute Gasteiger partial charge is 0.506 e. The van der Waals surface area contributed by atoms with Gasteiger partial charge < -0.3 is 30.6 Å². The summed E-state index contributed by atoms with van der Waals surface area (Å²) in [4.78, 5) is 25.6. The average Bonchev–Trinajstić information content (AvgIpc) is 2.34. The minimum Gasteiger partial charge on any atom is -0.506 e. The highest BCUT2D eigenvalue weighted by Crippen LogP contribution is 2.35. The Balaban J connectivity index is 3.03. The second kappa shape index (κ2) is 6.00. The summed E-state index contributed by atoms with van der Waals surface area (Å²) >= 11 is 0. The molecule has 8 nitrogen and oxygen atoms in total. The van der Waals surface area contributed by atoms with Crippen molar-refractivity contribution in [3.63, 3.8) is 0 Å². The lowest BCUT2D eigenvalue weighted by Crippen LogP contribution is -2.28. The highest BCUT2D eigenvalue weighted by Gasteiger charge is 2.14. The van der Waals surface area contributed by atoms with E-state index in [4.69, 9.17) is 0 Å². The maximum atomic E-state index is 11.5. The smallest absolute Gasteiger partial charge is 0.321 e. The van der Waals surface area contributed by atoms with Gasteiger partial charge in [0.15, 0.2) is 0 Å². The number of nitrogens with one attached hydrogen (secondary N) is 2. The summed E-state index contributed by atoms with van der Waals surface area (Å²) in [6, 6.07) is 1.41. The summed E-state index contributed by atoms with van der Waals surface area (Å²) in [7, 11) is 6.17. The van der Waals surface area contributed by atoms with Crippen LogP contribution >= 0.6 is 0 Å². The van der Waals surface area contributed by atoms with Gasteiger partial charge in [-0.25, -0.2) is 9.59 Å². The molecular weight excluding hydrogens is 264 g/mol. The van der Waals surface area contributed by atoms with Crippen LogP contribution in [0.15, 0.2) is 12.1 Å². The summed E-state index contributed by atoms with van der Waals surface area (Å²) in [6.45, 7) is 0. The minimum absolute atomic E-state index is 0.0792. The Labute approximate surface area is 116 Å². The molecule has 0 fully saturated rings. The Morgan fingerprint density at radius 1 is 0.850 bits per heavy atom. The first-order valence-electron chi connectivity index (χ1n) is 5.75. The predicted octanol–water partition coefficient (Wildman–Crippen LogP) is 1.28. The second-order valence-corrected chi connectivity index (χ2v) is 4.54. The molecule has 0 saturated carbocycles. The van der Waals surface area contributed by atoms with E-state index in [1.807, 2.05) is 0 Å². The van der Waals surface area contributed by atoms with Crippen molar-refractivity contribution < 1.29 is 19.8 Å². The number of carbonyl (C=O) groups is 2. The Bertz CT molecular complexity index is 485. The molecule has 0 bridgehead atoms. The van der Waals surface area contributed by atoms with Gasteiger partial charge in [-0.15, -0.1) is 0 Å². The molecule has 0 aliphatic rings. The molecule has 1 rings (SSSR count). The molecule has 0 aromatic heterocycles. The molecule has 20 heavy (non-hydrogen) atoms. The molecule has 0 heterocycles. The van der Waals surface area contributed by atoms with Crippen LogP contribution < -0.4 is 10.6 Å². The number of aromatic hydroxyl groups is 2. The van der Waals surface area contributed by atoms with E-state index < -0.39 is 12.1 Å². The van der Waals surface area contributed by atoms with E-state index in [0.717, 1.165) is 6.07 Å². The number of amides is 4. The van der Waals surface area contributed by atoms with E-state index in [1.165, 1.54) is 15.9 Å². The number of hydrogen-bond donors (Lipinski definition) is 4. The van der Waals surface area contributed by atoms with Crippen molar-refractivity contribution in [3.8, 4) is 11.5 Å². The van der Waals surface area contributed by atoms with Crippen LogP contribution in [0.3, 0.4) is 0 Å². The number of anilines is 2. The number of phenols is 2. The Morgan fingerprint density at radius 3 is 1.50 bits per heavy atom. The van der Waals surface area contributed by atoms with Gasteiger partial charge >= 0.3 is 12.1 Å². The monoisotopic (exact) mass is 282 g/mol. The molecule has 1 aromatic rings. The standard InChI is InChI=1S/C12H18N4O4/c1-15(2)11(19)13-7-5-8(10(18)6-9(7)17)14-12(20)16(3)4/h5-6,17-18H,1-4H3,(H,13,19)(H,14,20). The molecule has 0 unspecified atom stereocenters. The third kappa shape index (κ3) is 3.67. The molecule has 0 spiro atoms. The van der Waals surface area contributed by atoms with Crippen LogP contribution in [0.4, 0.5) is 21.0 Å². The lowest BCUT2D eigenvalue weighted by molar-refractivity contribution is 0.230. The first-order chi connectivity index (χ1) is 9.22. The van der Waals surface area contributed by atoms with Crippen LogP contribution in [0.2, 0.25) is 0 Å². The molecule has 0 radical (unpaired) electrons. The van der Waals surface area contributed by atoms with Crippen LogP contribution in [0, 0.1) is 0 Å². The maximum absolute atomic E-state index is 11.5. The predicted molar refractivity (Wildman–Crippen MR) is 75.2 cm³/mol. The third-order valence-corrected chi connectivity index (χ3v) is 2.41. The maximum Gasteiger partial charge on any atom is 0.321 e. The highest BCUT2D eigenvalue weighted by molar-refractivity contribution is 5.95. The quantitative estimate of drug-likeness (QED) is 0.484.